The van der Waals surface area contributed by atoms with Crippen molar-refractivity contribution in [1.29, 1.82) is 0 Å². The second-order valence-corrected chi connectivity index (χ2v) is 6.02. The summed E-state index contributed by atoms with van der Waals surface area (Å²) in [5.41, 5.74) is 2.88. The van der Waals surface area contributed by atoms with Gasteiger partial charge in [0.1, 0.15) is 12.4 Å². The van der Waals surface area contributed by atoms with Crippen LogP contribution in [0, 0.1) is 6.92 Å². The van der Waals surface area contributed by atoms with E-state index < -0.39 is 0 Å². The van der Waals surface area contributed by atoms with E-state index in [0.717, 1.165) is 43.3 Å². The van der Waals surface area contributed by atoms with Crippen LogP contribution in [0.25, 0.3) is 0 Å². The molecule has 2 aromatic carbocycles. The van der Waals surface area contributed by atoms with E-state index >= 15 is 0 Å². The van der Waals surface area contributed by atoms with Gasteiger partial charge in [-0.15, -0.1) is 0 Å². The summed E-state index contributed by atoms with van der Waals surface area (Å²) in [5, 5.41) is 2.89. The lowest BCUT2D eigenvalue weighted by Gasteiger charge is -2.28. The van der Waals surface area contributed by atoms with Gasteiger partial charge in [-0.1, -0.05) is 18.2 Å². The molecule has 3 rings (SSSR count). The number of morpholine rings is 1. The minimum Gasteiger partial charge on any atom is -0.491 e. The molecule has 0 aliphatic carbocycles. The van der Waals surface area contributed by atoms with Crippen molar-refractivity contribution in [3.63, 3.8) is 0 Å². The number of carbonyl (C=O) groups is 1. The van der Waals surface area contributed by atoms with Crippen LogP contribution in [0.4, 0.5) is 5.69 Å². The van der Waals surface area contributed by atoms with Gasteiger partial charge in [-0.05, 0) is 42.8 Å². The van der Waals surface area contributed by atoms with Gasteiger partial charge < -0.3 is 19.7 Å². The molecule has 0 bridgehead atoms. The van der Waals surface area contributed by atoms with Gasteiger partial charge in [0.2, 0.25) is 0 Å². The largest absolute Gasteiger partial charge is 0.491 e. The highest BCUT2D eigenvalue weighted by molar-refractivity contribution is 5.94. The minimum absolute atomic E-state index is 0.0816. The Kier molecular flexibility index (Phi) is 5.90. The molecule has 1 amide bonds. The molecule has 1 saturated heterocycles. The minimum atomic E-state index is -0.0816. The van der Waals surface area contributed by atoms with Gasteiger partial charge in [-0.2, -0.15) is 0 Å². The van der Waals surface area contributed by atoms with Crippen LogP contribution in [-0.2, 0) is 4.74 Å². The summed E-state index contributed by atoms with van der Waals surface area (Å²) in [6, 6.07) is 15.6. The summed E-state index contributed by atoms with van der Waals surface area (Å²) in [5.74, 6) is 0.772. The van der Waals surface area contributed by atoms with Crippen LogP contribution in [0.3, 0.4) is 0 Å². The van der Waals surface area contributed by atoms with E-state index in [1.807, 2.05) is 55.5 Å². The van der Waals surface area contributed by atoms with Crippen molar-refractivity contribution in [3.05, 3.63) is 59.7 Å². The SMILES string of the molecule is Cc1ccccc1OCCNC(=O)c1ccc(N2CCOCC2)cc1. The van der Waals surface area contributed by atoms with Gasteiger partial charge in [0.25, 0.3) is 5.91 Å². The number of hydrogen-bond acceptors (Lipinski definition) is 4. The topological polar surface area (TPSA) is 50.8 Å². The molecule has 1 N–H and O–H groups in total. The Hall–Kier alpha value is -2.53. The fourth-order valence-electron chi connectivity index (χ4n) is 2.79. The van der Waals surface area contributed by atoms with E-state index in [9.17, 15) is 4.79 Å². The van der Waals surface area contributed by atoms with Crippen molar-refractivity contribution in [2.45, 2.75) is 6.92 Å². The molecule has 5 heteroatoms. The molecule has 0 radical (unpaired) electrons. The monoisotopic (exact) mass is 340 g/mol. The van der Waals surface area contributed by atoms with Crippen molar-refractivity contribution in [2.75, 3.05) is 44.4 Å². The van der Waals surface area contributed by atoms with Crippen LogP contribution in [0.1, 0.15) is 15.9 Å². The lowest BCUT2D eigenvalue weighted by Crippen LogP contribution is -2.36. The number of hydrogen-bond donors (Lipinski definition) is 1. The van der Waals surface area contributed by atoms with Gasteiger partial charge in [0.05, 0.1) is 19.8 Å². The number of ether oxygens (including phenoxy) is 2. The number of nitrogens with one attached hydrogen (secondary N) is 1. The zero-order valence-electron chi connectivity index (χ0n) is 14.5. The third kappa shape index (κ3) is 4.73. The first-order chi connectivity index (χ1) is 12.2. The molecular formula is C20H24N2O3. The van der Waals surface area contributed by atoms with Crippen LogP contribution in [0.2, 0.25) is 0 Å². The van der Waals surface area contributed by atoms with Crippen molar-refractivity contribution in [2.24, 2.45) is 0 Å². The van der Waals surface area contributed by atoms with E-state index in [1.165, 1.54) is 0 Å². The van der Waals surface area contributed by atoms with Gasteiger partial charge in [-0.3, -0.25) is 4.79 Å². The Balaban J connectivity index is 1.45. The maximum atomic E-state index is 12.2. The van der Waals surface area contributed by atoms with Crippen LogP contribution in [-0.4, -0.2) is 45.4 Å². The smallest absolute Gasteiger partial charge is 0.251 e. The van der Waals surface area contributed by atoms with Crippen molar-refractivity contribution in [3.8, 4) is 5.75 Å². The van der Waals surface area contributed by atoms with Gasteiger partial charge in [0, 0.05) is 24.3 Å². The Morgan fingerprint density at radius 2 is 1.84 bits per heavy atom. The van der Waals surface area contributed by atoms with Crippen LogP contribution in [0.5, 0.6) is 5.75 Å². The Morgan fingerprint density at radius 3 is 2.56 bits per heavy atom. The standard InChI is InChI=1S/C20H24N2O3/c1-16-4-2-3-5-19(16)25-13-10-21-20(23)17-6-8-18(9-7-17)22-11-14-24-15-12-22/h2-9H,10-15H2,1H3,(H,21,23). The predicted molar refractivity (Wildman–Crippen MR) is 98.5 cm³/mol. The number of carbonyl (C=O) groups excluding carboxylic acids is 1. The van der Waals surface area contributed by atoms with E-state index in [1.54, 1.807) is 0 Å². The van der Waals surface area contributed by atoms with E-state index in [-0.39, 0.29) is 5.91 Å². The molecule has 0 aromatic heterocycles. The molecule has 1 heterocycles. The van der Waals surface area contributed by atoms with Crippen LogP contribution < -0.4 is 15.0 Å². The second-order valence-electron chi connectivity index (χ2n) is 6.02. The average molecular weight is 340 g/mol. The Bertz CT molecular complexity index is 694. The molecule has 0 spiro atoms. The maximum absolute atomic E-state index is 12.2. The molecule has 1 aliphatic heterocycles. The zero-order chi connectivity index (χ0) is 17.5. The number of para-hydroxylation sites is 1. The first-order valence-corrected chi connectivity index (χ1v) is 8.63. The highest BCUT2D eigenvalue weighted by Gasteiger charge is 2.12. The number of aryl methyl sites for hydroxylation is 1. The highest BCUT2D eigenvalue weighted by Crippen LogP contribution is 2.17. The highest BCUT2D eigenvalue weighted by atomic mass is 16.5. The van der Waals surface area contributed by atoms with E-state index in [4.69, 9.17) is 9.47 Å². The fraction of sp³-hybridized carbons (Fsp3) is 0.350. The number of amides is 1. The molecule has 5 nitrogen and oxygen atoms in total. The predicted octanol–water partition coefficient (Wildman–Crippen LogP) is 2.64. The number of rotatable bonds is 6. The number of nitrogens with zero attached hydrogens (tertiary/aromatic N) is 1. The van der Waals surface area contributed by atoms with Crippen molar-refractivity contribution in [1.82, 2.24) is 5.32 Å². The first kappa shape index (κ1) is 17.3. The van der Waals surface area contributed by atoms with Crippen LogP contribution >= 0.6 is 0 Å². The molecule has 1 fully saturated rings. The normalized spacial score (nSPS) is 14.2. The summed E-state index contributed by atoms with van der Waals surface area (Å²) in [6.07, 6.45) is 0. The third-order valence-electron chi connectivity index (χ3n) is 4.24. The molecule has 0 unspecified atom stereocenters. The summed E-state index contributed by atoms with van der Waals surface area (Å²) in [6.45, 7) is 6.21. The van der Waals surface area contributed by atoms with Crippen molar-refractivity contribution >= 4 is 11.6 Å². The number of benzene rings is 2. The molecule has 1 aliphatic rings. The number of anilines is 1. The van der Waals surface area contributed by atoms with Crippen LogP contribution in [0.15, 0.2) is 48.5 Å². The quantitative estimate of drug-likeness (QED) is 0.822. The maximum Gasteiger partial charge on any atom is 0.251 e. The summed E-state index contributed by atoms with van der Waals surface area (Å²) in [7, 11) is 0. The molecular weight excluding hydrogens is 316 g/mol. The summed E-state index contributed by atoms with van der Waals surface area (Å²) < 4.78 is 11.0. The van der Waals surface area contributed by atoms with Crippen molar-refractivity contribution < 1.29 is 14.3 Å². The lowest BCUT2D eigenvalue weighted by atomic mass is 10.1. The second kappa shape index (κ2) is 8.53. The molecule has 0 atom stereocenters. The fourth-order valence-corrected chi connectivity index (χ4v) is 2.79. The zero-order valence-corrected chi connectivity index (χ0v) is 14.5. The van der Waals surface area contributed by atoms with Gasteiger partial charge >= 0.3 is 0 Å². The Labute approximate surface area is 148 Å². The summed E-state index contributed by atoms with van der Waals surface area (Å²) >= 11 is 0. The summed E-state index contributed by atoms with van der Waals surface area (Å²) in [4.78, 5) is 14.5. The molecule has 2 aromatic rings. The van der Waals surface area contributed by atoms with Gasteiger partial charge in [0.15, 0.2) is 0 Å². The Morgan fingerprint density at radius 1 is 1.12 bits per heavy atom. The van der Waals surface area contributed by atoms with Gasteiger partial charge in [-0.25, -0.2) is 0 Å². The van der Waals surface area contributed by atoms with E-state index in [2.05, 4.69) is 10.2 Å². The first-order valence-electron chi connectivity index (χ1n) is 8.63. The average Bonchev–Trinajstić information content (AvgIpc) is 2.67. The third-order valence-corrected chi connectivity index (χ3v) is 4.24. The lowest BCUT2D eigenvalue weighted by molar-refractivity contribution is 0.0947. The van der Waals surface area contributed by atoms with E-state index in [0.29, 0.717) is 18.7 Å². The molecule has 132 valence electrons. The molecule has 0 saturated carbocycles. The molecule has 25 heavy (non-hydrogen) atoms.